The van der Waals surface area contributed by atoms with E-state index < -0.39 is 12.7 Å². The number of hydrogen-bond donors (Lipinski definition) is 2. The van der Waals surface area contributed by atoms with Crippen LogP contribution in [0.3, 0.4) is 0 Å². The van der Waals surface area contributed by atoms with Crippen LogP contribution in [0.4, 0.5) is 20.7 Å². The van der Waals surface area contributed by atoms with Crippen molar-refractivity contribution >= 4 is 17.5 Å². The first-order valence-electron chi connectivity index (χ1n) is 8.56. The number of anilines is 2. The minimum atomic E-state index is -0.595. The number of ether oxygens (including phenoxy) is 1. The number of carbonyl (C=O) groups is 1. The lowest BCUT2D eigenvalue weighted by Crippen LogP contribution is -2.44. The number of nitrogens with zero attached hydrogens (tertiary/aromatic N) is 3. The third kappa shape index (κ3) is 4.45. The number of rotatable bonds is 5. The second kappa shape index (κ2) is 8.57. The molecule has 1 aliphatic rings. The summed E-state index contributed by atoms with van der Waals surface area (Å²) >= 11 is 0. The number of nitrogens with one attached hydrogen (secondary N) is 2. The van der Waals surface area contributed by atoms with Crippen molar-refractivity contribution in [3.63, 3.8) is 0 Å². The summed E-state index contributed by atoms with van der Waals surface area (Å²) in [6.07, 6.45) is 1.75. The average Bonchev–Trinajstić information content (AvgIpc) is 2.67. The van der Waals surface area contributed by atoms with E-state index in [0.717, 1.165) is 17.9 Å². The van der Waals surface area contributed by atoms with Gasteiger partial charge in [-0.15, -0.1) is 0 Å². The van der Waals surface area contributed by atoms with Gasteiger partial charge in [0, 0.05) is 30.5 Å². The highest BCUT2D eigenvalue weighted by atomic mass is 19.1. The zero-order chi connectivity index (χ0) is 18.4. The van der Waals surface area contributed by atoms with Gasteiger partial charge >= 0.3 is 6.03 Å². The number of morpholine rings is 1. The first kappa shape index (κ1) is 18.1. The van der Waals surface area contributed by atoms with E-state index in [-0.39, 0.29) is 12.6 Å². The van der Waals surface area contributed by atoms with Crippen molar-refractivity contribution in [1.82, 2.24) is 15.3 Å². The van der Waals surface area contributed by atoms with Crippen LogP contribution >= 0.6 is 0 Å². The second-order valence-corrected chi connectivity index (χ2v) is 6.00. The Bertz CT molecular complexity index is 741. The third-order valence-electron chi connectivity index (χ3n) is 4.08. The average molecular weight is 359 g/mol. The summed E-state index contributed by atoms with van der Waals surface area (Å²) in [5.41, 5.74) is 1.46. The molecule has 0 radical (unpaired) electrons. The molecule has 7 nitrogen and oxygen atoms in total. The number of aromatic nitrogens is 2. The lowest BCUT2D eigenvalue weighted by atomic mass is 10.2. The Balaban J connectivity index is 1.71. The van der Waals surface area contributed by atoms with Gasteiger partial charge in [0.05, 0.1) is 19.3 Å². The molecule has 0 aliphatic carbocycles. The maximum Gasteiger partial charge on any atom is 0.319 e. The molecule has 1 saturated heterocycles. The van der Waals surface area contributed by atoms with Gasteiger partial charge in [-0.3, -0.25) is 0 Å². The van der Waals surface area contributed by atoms with E-state index >= 15 is 0 Å². The molecule has 2 aromatic rings. The summed E-state index contributed by atoms with van der Waals surface area (Å²) in [7, 11) is 0. The molecular formula is C18H22FN5O2. The smallest absolute Gasteiger partial charge is 0.319 e. The first-order valence-corrected chi connectivity index (χ1v) is 8.56. The van der Waals surface area contributed by atoms with E-state index in [1.807, 2.05) is 18.2 Å². The molecule has 1 aliphatic heterocycles. The van der Waals surface area contributed by atoms with E-state index in [2.05, 4.69) is 32.4 Å². The minimum absolute atomic E-state index is 0.00941. The van der Waals surface area contributed by atoms with Crippen LogP contribution in [0.5, 0.6) is 0 Å². The van der Waals surface area contributed by atoms with Gasteiger partial charge in [-0.2, -0.15) is 0 Å². The Morgan fingerprint density at radius 1 is 1.35 bits per heavy atom. The van der Waals surface area contributed by atoms with Crippen LogP contribution < -0.4 is 15.5 Å². The standard InChI is InChI=1S/C18H22FN5O2/c1-13-12-26-11-10-24(13)16-6-8-20-17(23-16)14-2-4-15(5-3-14)22-18(25)21-9-7-19/h2-6,8,13H,7,9-12H2,1H3,(H2,21,22,25). The number of alkyl halides is 1. The molecule has 1 aromatic heterocycles. The molecule has 1 atom stereocenters. The lowest BCUT2D eigenvalue weighted by molar-refractivity contribution is 0.0985. The zero-order valence-corrected chi connectivity index (χ0v) is 14.6. The van der Waals surface area contributed by atoms with E-state index in [9.17, 15) is 9.18 Å². The number of urea groups is 1. The molecular weight excluding hydrogens is 337 g/mol. The fourth-order valence-corrected chi connectivity index (χ4v) is 2.75. The molecule has 138 valence electrons. The predicted molar refractivity (Wildman–Crippen MR) is 98.1 cm³/mol. The van der Waals surface area contributed by atoms with Gasteiger partial charge in [-0.25, -0.2) is 19.2 Å². The predicted octanol–water partition coefficient (Wildman–Crippen LogP) is 2.46. The van der Waals surface area contributed by atoms with E-state index in [1.165, 1.54) is 0 Å². The fraction of sp³-hybridized carbons (Fsp3) is 0.389. The Labute approximate surface area is 151 Å². The number of amides is 2. The van der Waals surface area contributed by atoms with Crippen LogP contribution in [-0.4, -0.2) is 55.0 Å². The van der Waals surface area contributed by atoms with Crippen molar-refractivity contribution in [2.45, 2.75) is 13.0 Å². The quantitative estimate of drug-likeness (QED) is 0.857. The molecule has 2 heterocycles. The molecule has 26 heavy (non-hydrogen) atoms. The largest absolute Gasteiger partial charge is 0.377 e. The van der Waals surface area contributed by atoms with Crippen LogP contribution in [0, 0.1) is 0 Å². The third-order valence-corrected chi connectivity index (χ3v) is 4.08. The Hall–Kier alpha value is -2.74. The van der Waals surface area contributed by atoms with Crippen molar-refractivity contribution in [2.24, 2.45) is 0 Å². The van der Waals surface area contributed by atoms with Gasteiger partial charge in [0.2, 0.25) is 0 Å². The highest BCUT2D eigenvalue weighted by Gasteiger charge is 2.20. The molecule has 0 bridgehead atoms. The number of hydrogen-bond acceptors (Lipinski definition) is 5. The van der Waals surface area contributed by atoms with Gasteiger partial charge < -0.3 is 20.3 Å². The van der Waals surface area contributed by atoms with Gasteiger partial charge in [0.1, 0.15) is 12.5 Å². The molecule has 3 rings (SSSR count). The van der Waals surface area contributed by atoms with Crippen LogP contribution in [-0.2, 0) is 4.74 Å². The molecule has 2 N–H and O–H groups in total. The van der Waals surface area contributed by atoms with Crippen LogP contribution in [0.15, 0.2) is 36.5 Å². The molecule has 2 amide bonds. The van der Waals surface area contributed by atoms with Gasteiger partial charge in [-0.1, -0.05) is 0 Å². The second-order valence-electron chi connectivity index (χ2n) is 6.00. The zero-order valence-electron chi connectivity index (χ0n) is 14.6. The summed E-state index contributed by atoms with van der Waals surface area (Å²) in [5.74, 6) is 1.49. The van der Waals surface area contributed by atoms with E-state index in [0.29, 0.717) is 24.7 Å². The van der Waals surface area contributed by atoms with Crippen molar-refractivity contribution in [1.29, 1.82) is 0 Å². The first-order chi connectivity index (χ1) is 12.7. The van der Waals surface area contributed by atoms with Crippen molar-refractivity contribution in [3.8, 4) is 11.4 Å². The summed E-state index contributed by atoms with van der Waals surface area (Å²) < 4.78 is 17.5. The topological polar surface area (TPSA) is 79.4 Å². The van der Waals surface area contributed by atoms with Crippen molar-refractivity contribution < 1.29 is 13.9 Å². The Morgan fingerprint density at radius 3 is 2.88 bits per heavy atom. The van der Waals surface area contributed by atoms with Gasteiger partial charge in [0.15, 0.2) is 5.82 Å². The molecule has 0 spiro atoms. The Morgan fingerprint density at radius 2 is 2.15 bits per heavy atom. The van der Waals surface area contributed by atoms with E-state index in [1.54, 1.807) is 18.3 Å². The summed E-state index contributed by atoms with van der Waals surface area (Å²) in [4.78, 5) is 22.8. The van der Waals surface area contributed by atoms with Crippen LogP contribution in [0.25, 0.3) is 11.4 Å². The number of halogens is 1. The maximum absolute atomic E-state index is 12.1. The summed E-state index contributed by atoms with van der Waals surface area (Å²) in [5, 5.41) is 5.05. The highest BCUT2D eigenvalue weighted by molar-refractivity contribution is 5.89. The molecule has 1 unspecified atom stereocenters. The molecule has 0 saturated carbocycles. The molecule has 8 heteroatoms. The monoisotopic (exact) mass is 359 g/mol. The summed E-state index contributed by atoms with van der Waals surface area (Å²) in [6, 6.07) is 8.93. The maximum atomic E-state index is 12.1. The normalized spacial score (nSPS) is 17.0. The fourth-order valence-electron chi connectivity index (χ4n) is 2.75. The van der Waals surface area contributed by atoms with Crippen molar-refractivity contribution in [2.75, 3.05) is 43.2 Å². The highest BCUT2D eigenvalue weighted by Crippen LogP contribution is 2.22. The lowest BCUT2D eigenvalue weighted by Gasteiger charge is -2.34. The van der Waals surface area contributed by atoms with Crippen LogP contribution in [0.2, 0.25) is 0 Å². The number of carbonyl (C=O) groups excluding carboxylic acids is 1. The number of benzene rings is 1. The van der Waals surface area contributed by atoms with Crippen molar-refractivity contribution in [3.05, 3.63) is 36.5 Å². The molecule has 1 fully saturated rings. The molecule has 1 aromatic carbocycles. The Kier molecular flexibility index (Phi) is 5.96. The van der Waals surface area contributed by atoms with E-state index in [4.69, 9.17) is 4.74 Å². The minimum Gasteiger partial charge on any atom is -0.377 e. The summed E-state index contributed by atoms with van der Waals surface area (Å²) in [6.45, 7) is 3.68. The van der Waals surface area contributed by atoms with Gasteiger partial charge in [0.25, 0.3) is 0 Å². The van der Waals surface area contributed by atoms with Gasteiger partial charge in [-0.05, 0) is 37.3 Å². The SMILES string of the molecule is CC1COCCN1c1ccnc(-c2ccc(NC(=O)NCCF)cc2)n1. The van der Waals surface area contributed by atoms with Crippen LogP contribution in [0.1, 0.15) is 6.92 Å².